The van der Waals surface area contributed by atoms with Gasteiger partial charge in [0, 0.05) is 30.4 Å². The van der Waals surface area contributed by atoms with Gasteiger partial charge in [0.2, 0.25) is 0 Å². The lowest BCUT2D eigenvalue weighted by Gasteiger charge is -2.04. The summed E-state index contributed by atoms with van der Waals surface area (Å²) in [6.45, 7) is 1.06. The normalized spacial score (nSPS) is 11.6. The van der Waals surface area contributed by atoms with Crippen molar-refractivity contribution in [1.29, 1.82) is 0 Å². The smallest absolute Gasteiger partial charge is 0.179 e. The summed E-state index contributed by atoms with van der Waals surface area (Å²) in [7, 11) is 0. The van der Waals surface area contributed by atoms with Gasteiger partial charge in [0.05, 0.1) is 31.6 Å². The van der Waals surface area contributed by atoms with E-state index in [1.54, 1.807) is 21.8 Å². The van der Waals surface area contributed by atoms with Gasteiger partial charge < -0.3 is 9.51 Å². The lowest BCUT2D eigenvalue weighted by Crippen LogP contribution is -2.04. The topological polar surface area (TPSA) is 98.9 Å². The number of imidazole rings is 1. The SMILES string of the molecule is OCCn1cc(-c2ccc3nnn(Cc4ccc5nccn5c4)c3n2)cn1. The molecule has 0 atom stereocenters. The molecule has 0 aliphatic carbocycles. The first-order valence-corrected chi connectivity index (χ1v) is 8.56. The van der Waals surface area contributed by atoms with E-state index in [1.165, 1.54) is 0 Å². The van der Waals surface area contributed by atoms with Crippen molar-refractivity contribution in [2.45, 2.75) is 13.1 Å². The van der Waals surface area contributed by atoms with Crippen LogP contribution in [0.5, 0.6) is 0 Å². The van der Waals surface area contributed by atoms with Crippen LogP contribution in [0.3, 0.4) is 0 Å². The van der Waals surface area contributed by atoms with Gasteiger partial charge in [0.25, 0.3) is 0 Å². The lowest BCUT2D eigenvalue weighted by molar-refractivity contribution is 0.269. The molecule has 0 radical (unpaired) electrons. The highest BCUT2D eigenvalue weighted by Crippen LogP contribution is 2.20. The van der Waals surface area contributed by atoms with E-state index in [0.29, 0.717) is 18.7 Å². The van der Waals surface area contributed by atoms with E-state index in [9.17, 15) is 0 Å². The van der Waals surface area contributed by atoms with Gasteiger partial charge >= 0.3 is 0 Å². The molecule has 1 N–H and O–H groups in total. The Balaban J connectivity index is 1.50. The Labute approximate surface area is 153 Å². The first kappa shape index (κ1) is 15.6. The van der Waals surface area contributed by atoms with Gasteiger partial charge in [-0.25, -0.2) is 14.6 Å². The van der Waals surface area contributed by atoms with Gasteiger partial charge in [0.1, 0.15) is 11.2 Å². The number of hydrogen-bond donors (Lipinski definition) is 1. The average molecular weight is 360 g/mol. The maximum atomic E-state index is 9.04. The third kappa shape index (κ3) is 2.83. The molecule has 0 amide bonds. The Kier molecular flexibility index (Phi) is 3.65. The van der Waals surface area contributed by atoms with Gasteiger partial charge in [-0.15, -0.1) is 5.10 Å². The number of pyridine rings is 2. The number of hydrogen-bond acceptors (Lipinski definition) is 6. The number of fused-ring (bicyclic) bond motifs is 2. The quantitative estimate of drug-likeness (QED) is 0.508. The van der Waals surface area contributed by atoms with E-state index >= 15 is 0 Å². The molecule has 5 rings (SSSR count). The van der Waals surface area contributed by atoms with Crippen LogP contribution in [0.25, 0.3) is 28.1 Å². The molecule has 0 aliphatic rings. The molecule has 0 unspecified atom stereocenters. The second kappa shape index (κ2) is 6.29. The van der Waals surface area contributed by atoms with Crippen molar-refractivity contribution in [3.05, 3.63) is 60.8 Å². The minimum Gasteiger partial charge on any atom is -0.394 e. The van der Waals surface area contributed by atoms with Gasteiger partial charge in [-0.05, 0) is 23.8 Å². The van der Waals surface area contributed by atoms with Crippen molar-refractivity contribution >= 4 is 16.8 Å². The van der Waals surface area contributed by atoms with Crippen molar-refractivity contribution in [3.63, 3.8) is 0 Å². The molecule has 134 valence electrons. The molecule has 0 saturated carbocycles. The second-order valence-corrected chi connectivity index (χ2v) is 6.23. The number of aliphatic hydroxyl groups excluding tert-OH is 1. The molecule has 5 heterocycles. The van der Waals surface area contributed by atoms with E-state index in [1.807, 2.05) is 47.3 Å². The van der Waals surface area contributed by atoms with E-state index < -0.39 is 0 Å². The summed E-state index contributed by atoms with van der Waals surface area (Å²) in [4.78, 5) is 8.99. The standard InChI is InChI=1S/C18H16N8O/c27-8-7-25-12-14(9-20-25)15-2-3-16-18(21-15)26(23-22-16)11-13-1-4-17-19-5-6-24(17)10-13/h1-6,9-10,12,27H,7-8,11H2. The monoisotopic (exact) mass is 360 g/mol. The average Bonchev–Trinajstić information content (AvgIpc) is 3.41. The Morgan fingerprint density at radius 2 is 2.04 bits per heavy atom. The van der Waals surface area contributed by atoms with Crippen LogP contribution in [0.4, 0.5) is 0 Å². The maximum Gasteiger partial charge on any atom is 0.179 e. The van der Waals surface area contributed by atoms with Gasteiger partial charge in [-0.3, -0.25) is 4.68 Å². The second-order valence-electron chi connectivity index (χ2n) is 6.23. The Morgan fingerprint density at radius 3 is 2.96 bits per heavy atom. The molecule has 0 aliphatic heterocycles. The molecule has 0 aromatic carbocycles. The fraction of sp³-hybridized carbons (Fsp3) is 0.167. The number of aromatic nitrogens is 8. The van der Waals surface area contributed by atoms with Crippen LogP contribution >= 0.6 is 0 Å². The van der Waals surface area contributed by atoms with Crippen molar-refractivity contribution in [2.24, 2.45) is 0 Å². The fourth-order valence-corrected chi connectivity index (χ4v) is 3.07. The molecule has 5 aromatic rings. The van der Waals surface area contributed by atoms with Crippen molar-refractivity contribution < 1.29 is 5.11 Å². The predicted molar refractivity (Wildman–Crippen MR) is 97.9 cm³/mol. The Hall–Kier alpha value is -3.59. The largest absolute Gasteiger partial charge is 0.394 e. The van der Waals surface area contributed by atoms with E-state index in [0.717, 1.165) is 28.0 Å². The summed E-state index contributed by atoms with van der Waals surface area (Å²) < 4.78 is 5.45. The summed E-state index contributed by atoms with van der Waals surface area (Å²) in [5.41, 5.74) is 5.12. The van der Waals surface area contributed by atoms with Crippen LogP contribution in [-0.2, 0) is 13.1 Å². The first-order chi connectivity index (χ1) is 13.3. The molecular formula is C18H16N8O. The number of aliphatic hydroxyl groups is 1. The minimum absolute atomic E-state index is 0.0472. The zero-order valence-corrected chi connectivity index (χ0v) is 14.3. The summed E-state index contributed by atoms with van der Waals surface area (Å²) in [5.74, 6) is 0. The van der Waals surface area contributed by atoms with Crippen molar-refractivity contribution in [3.8, 4) is 11.3 Å². The van der Waals surface area contributed by atoms with E-state index in [4.69, 9.17) is 10.1 Å². The van der Waals surface area contributed by atoms with Crippen molar-refractivity contribution in [1.82, 2.24) is 39.1 Å². The summed E-state index contributed by atoms with van der Waals surface area (Å²) in [6, 6.07) is 7.81. The molecule has 5 aromatic heterocycles. The van der Waals surface area contributed by atoms with E-state index in [-0.39, 0.29) is 6.61 Å². The molecule has 27 heavy (non-hydrogen) atoms. The van der Waals surface area contributed by atoms with Crippen LogP contribution in [0.2, 0.25) is 0 Å². The maximum absolute atomic E-state index is 9.04. The van der Waals surface area contributed by atoms with Crippen molar-refractivity contribution in [2.75, 3.05) is 6.61 Å². The molecule has 9 nitrogen and oxygen atoms in total. The highest BCUT2D eigenvalue weighted by Gasteiger charge is 2.11. The Morgan fingerprint density at radius 1 is 1.07 bits per heavy atom. The van der Waals surface area contributed by atoms with Crippen LogP contribution in [0.15, 0.2) is 55.2 Å². The molecule has 0 fully saturated rings. The fourth-order valence-electron chi connectivity index (χ4n) is 3.07. The molecule has 0 bridgehead atoms. The molecular weight excluding hydrogens is 344 g/mol. The lowest BCUT2D eigenvalue weighted by atomic mass is 10.2. The van der Waals surface area contributed by atoms with Crippen LogP contribution in [0.1, 0.15) is 5.56 Å². The first-order valence-electron chi connectivity index (χ1n) is 8.56. The zero-order valence-electron chi connectivity index (χ0n) is 14.3. The van der Waals surface area contributed by atoms with Gasteiger partial charge in [0.15, 0.2) is 5.65 Å². The molecule has 9 heteroatoms. The van der Waals surface area contributed by atoms with Crippen LogP contribution in [-0.4, -0.2) is 50.9 Å². The summed E-state index contributed by atoms with van der Waals surface area (Å²) in [5, 5.41) is 21.7. The van der Waals surface area contributed by atoms with Crippen LogP contribution in [0, 0.1) is 0 Å². The highest BCUT2D eigenvalue weighted by atomic mass is 16.3. The highest BCUT2D eigenvalue weighted by molar-refractivity contribution is 5.74. The predicted octanol–water partition coefficient (Wildman–Crippen LogP) is 1.38. The zero-order chi connectivity index (χ0) is 18.2. The summed E-state index contributed by atoms with van der Waals surface area (Å²) in [6.07, 6.45) is 9.32. The van der Waals surface area contributed by atoms with Gasteiger partial charge in [-0.2, -0.15) is 5.10 Å². The third-order valence-electron chi connectivity index (χ3n) is 4.40. The van der Waals surface area contributed by atoms with Gasteiger partial charge in [-0.1, -0.05) is 11.3 Å². The third-order valence-corrected chi connectivity index (χ3v) is 4.40. The van der Waals surface area contributed by atoms with Crippen LogP contribution < -0.4 is 0 Å². The minimum atomic E-state index is 0.0472. The Bertz CT molecular complexity index is 1230. The molecule has 0 spiro atoms. The molecule has 0 saturated heterocycles. The van der Waals surface area contributed by atoms with E-state index in [2.05, 4.69) is 20.4 Å². The number of rotatable bonds is 5. The summed E-state index contributed by atoms with van der Waals surface area (Å²) >= 11 is 0. The number of nitrogens with zero attached hydrogens (tertiary/aromatic N) is 8.